The Morgan fingerprint density at radius 3 is 3.00 bits per heavy atom. The molecule has 1 N–H and O–H groups in total. The standard InChI is InChI=1S/C13H21NO2S/c1-11(2)16-8-3-7-14-13(15)5-4-12-6-9-17-10-12/h6,9-11H,3-5,7-8H2,1-2H3,(H,14,15). The van der Waals surface area contributed by atoms with Gasteiger partial charge in [0.15, 0.2) is 0 Å². The van der Waals surface area contributed by atoms with E-state index in [-0.39, 0.29) is 12.0 Å². The topological polar surface area (TPSA) is 38.3 Å². The van der Waals surface area contributed by atoms with E-state index in [9.17, 15) is 4.79 Å². The van der Waals surface area contributed by atoms with Crippen LogP contribution in [0.1, 0.15) is 32.3 Å². The van der Waals surface area contributed by atoms with E-state index < -0.39 is 0 Å². The van der Waals surface area contributed by atoms with E-state index in [0.717, 1.165) is 12.8 Å². The lowest BCUT2D eigenvalue weighted by Gasteiger charge is -2.08. The summed E-state index contributed by atoms with van der Waals surface area (Å²) in [7, 11) is 0. The van der Waals surface area contributed by atoms with Crippen LogP contribution < -0.4 is 5.32 Å². The van der Waals surface area contributed by atoms with Crippen LogP contribution >= 0.6 is 11.3 Å². The molecule has 0 atom stereocenters. The Bertz CT molecular complexity index is 309. The molecule has 0 aliphatic rings. The number of rotatable bonds is 8. The summed E-state index contributed by atoms with van der Waals surface area (Å²) in [5, 5.41) is 7.03. The van der Waals surface area contributed by atoms with Crippen LogP contribution in [0.3, 0.4) is 0 Å². The number of aryl methyl sites for hydroxylation is 1. The summed E-state index contributed by atoms with van der Waals surface area (Å²) in [6.45, 7) is 5.44. The van der Waals surface area contributed by atoms with Crippen molar-refractivity contribution in [2.24, 2.45) is 0 Å². The quantitative estimate of drug-likeness (QED) is 0.725. The summed E-state index contributed by atoms with van der Waals surface area (Å²) in [5.74, 6) is 0.126. The van der Waals surface area contributed by atoms with Gasteiger partial charge < -0.3 is 10.1 Å². The van der Waals surface area contributed by atoms with Crippen molar-refractivity contribution in [3.63, 3.8) is 0 Å². The minimum Gasteiger partial charge on any atom is -0.379 e. The second-order valence-electron chi connectivity index (χ2n) is 4.25. The highest BCUT2D eigenvalue weighted by Gasteiger charge is 2.02. The second-order valence-corrected chi connectivity index (χ2v) is 5.03. The lowest BCUT2D eigenvalue weighted by molar-refractivity contribution is -0.121. The smallest absolute Gasteiger partial charge is 0.220 e. The Balaban J connectivity index is 1.98. The molecule has 0 unspecified atom stereocenters. The van der Waals surface area contributed by atoms with Gasteiger partial charge in [-0.25, -0.2) is 0 Å². The SMILES string of the molecule is CC(C)OCCCNC(=O)CCc1ccsc1. The molecule has 0 saturated carbocycles. The monoisotopic (exact) mass is 255 g/mol. The van der Waals surface area contributed by atoms with E-state index >= 15 is 0 Å². The molecule has 0 aliphatic heterocycles. The van der Waals surface area contributed by atoms with Gasteiger partial charge >= 0.3 is 0 Å². The van der Waals surface area contributed by atoms with Crippen LogP contribution in [0, 0.1) is 0 Å². The van der Waals surface area contributed by atoms with Crippen molar-refractivity contribution >= 4 is 17.2 Å². The Morgan fingerprint density at radius 2 is 2.35 bits per heavy atom. The van der Waals surface area contributed by atoms with Gasteiger partial charge in [-0.2, -0.15) is 11.3 Å². The second kappa shape index (κ2) is 8.25. The summed E-state index contributed by atoms with van der Waals surface area (Å²) in [5.41, 5.74) is 1.24. The number of thiophene rings is 1. The van der Waals surface area contributed by atoms with E-state index in [4.69, 9.17) is 4.74 Å². The highest BCUT2D eigenvalue weighted by Crippen LogP contribution is 2.07. The first kappa shape index (κ1) is 14.2. The molecular weight excluding hydrogens is 234 g/mol. The number of nitrogens with one attached hydrogen (secondary N) is 1. The van der Waals surface area contributed by atoms with Gasteiger partial charge in [-0.15, -0.1) is 0 Å². The van der Waals surface area contributed by atoms with Crippen molar-refractivity contribution < 1.29 is 9.53 Å². The summed E-state index contributed by atoms with van der Waals surface area (Å²) in [4.78, 5) is 11.5. The Labute approximate surface area is 107 Å². The first-order valence-corrected chi connectivity index (χ1v) is 7.02. The number of ether oxygens (including phenoxy) is 1. The van der Waals surface area contributed by atoms with Gasteiger partial charge in [0.1, 0.15) is 0 Å². The van der Waals surface area contributed by atoms with E-state index in [1.165, 1.54) is 5.56 Å². The van der Waals surface area contributed by atoms with Crippen molar-refractivity contribution in [1.29, 1.82) is 0 Å². The summed E-state index contributed by atoms with van der Waals surface area (Å²) in [6, 6.07) is 2.06. The van der Waals surface area contributed by atoms with Crippen molar-refractivity contribution in [3.8, 4) is 0 Å². The number of carbonyl (C=O) groups is 1. The molecule has 0 bridgehead atoms. The third-order valence-corrected chi connectivity index (χ3v) is 3.05. The van der Waals surface area contributed by atoms with E-state index in [1.54, 1.807) is 11.3 Å². The van der Waals surface area contributed by atoms with Crippen LogP contribution in [0.25, 0.3) is 0 Å². The number of hydrogen-bond donors (Lipinski definition) is 1. The van der Waals surface area contributed by atoms with Crippen molar-refractivity contribution in [1.82, 2.24) is 5.32 Å². The van der Waals surface area contributed by atoms with Crippen molar-refractivity contribution in [2.75, 3.05) is 13.2 Å². The molecule has 1 heterocycles. The molecule has 0 saturated heterocycles. The number of hydrogen-bond acceptors (Lipinski definition) is 3. The Hall–Kier alpha value is -0.870. The highest BCUT2D eigenvalue weighted by atomic mass is 32.1. The first-order valence-electron chi connectivity index (χ1n) is 6.08. The fourth-order valence-electron chi connectivity index (χ4n) is 1.40. The van der Waals surface area contributed by atoms with Crippen LogP contribution in [0.5, 0.6) is 0 Å². The van der Waals surface area contributed by atoms with Crippen LogP contribution in [0.4, 0.5) is 0 Å². The van der Waals surface area contributed by atoms with Gasteiger partial charge in [0.05, 0.1) is 6.10 Å². The summed E-state index contributed by atoms with van der Waals surface area (Å²) in [6.07, 6.45) is 2.55. The van der Waals surface area contributed by atoms with E-state index in [2.05, 4.69) is 16.8 Å². The zero-order chi connectivity index (χ0) is 12.5. The maximum absolute atomic E-state index is 11.5. The molecule has 1 amide bonds. The van der Waals surface area contributed by atoms with Gasteiger partial charge in [-0.3, -0.25) is 4.79 Å². The molecule has 1 rings (SSSR count). The molecule has 0 spiro atoms. The molecular formula is C13H21NO2S. The highest BCUT2D eigenvalue weighted by molar-refractivity contribution is 7.07. The van der Waals surface area contributed by atoms with E-state index in [0.29, 0.717) is 19.6 Å². The first-order chi connectivity index (χ1) is 8.18. The van der Waals surface area contributed by atoms with E-state index in [1.807, 2.05) is 19.2 Å². The van der Waals surface area contributed by atoms with Gasteiger partial charge in [-0.05, 0) is 49.1 Å². The maximum atomic E-state index is 11.5. The fraction of sp³-hybridized carbons (Fsp3) is 0.615. The molecule has 4 heteroatoms. The third-order valence-electron chi connectivity index (χ3n) is 2.32. The minimum atomic E-state index is 0.126. The predicted octanol–water partition coefficient (Wildman–Crippen LogP) is 2.61. The van der Waals surface area contributed by atoms with Crippen LogP contribution in [0.2, 0.25) is 0 Å². The molecule has 0 fully saturated rings. The largest absolute Gasteiger partial charge is 0.379 e. The Kier molecular flexibility index (Phi) is 6.89. The maximum Gasteiger partial charge on any atom is 0.220 e. The Morgan fingerprint density at radius 1 is 1.53 bits per heavy atom. The molecule has 0 radical (unpaired) electrons. The number of amides is 1. The van der Waals surface area contributed by atoms with Gasteiger partial charge in [0.2, 0.25) is 5.91 Å². The average molecular weight is 255 g/mol. The normalized spacial score (nSPS) is 10.8. The van der Waals surface area contributed by atoms with Crippen LogP contribution in [-0.4, -0.2) is 25.2 Å². The summed E-state index contributed by atoms with van der Waals surface area (Å²) < 4.78 is 5.39. The minimum absolute atomic E-state index is 0.126. The molecule has 1 aromatic rings. The van der Waals surface area contributed by atoms with Crippen molar-refractivity contribution in [2.45, 2.75) is 39.2 Å². The molecule has 0 aliphatic carbocycles. The molecule has 3 nitrogen and oxygen atoms in total. The lowest BCUT2D eigenvalue weighted by atomic mass is 10.2. The molecule has 96 valence electrons. The van der Waals surface area contributed by atoms with Crippen LogP contribution in [0.15, 0.2) is 16.8 Å². The summed E-state index contributed by atoms with van der Waals surface area (Å²) >= 11 is 1.67. The average Bonchev–Trinajstić information content (AvgIpc) is 2.78. The van der Waals surface area contributed by atoms with Crippen molar-refractivity contribution in [3.05, 3.63) is 22.4 Å². The lowest BCUT2D eigenvalue weighted by Crippen LogP contribution is -2.25. The number of carbonyl (C=O) groups excluding carboxylic acids is 1. The van der Waals surface area contributed by atoms with Gasteiger partial charge in [0, 0.05) is 19.6 Å². The molecule has 1 aromatic heterocycles. The zero-order valence-corrected chi connectivity index (χ0v) is 11.4. The zero-order valence-electron chi connectivity index (χ0n) is 10.6. The molecule has 17 heavy (non-hydrogen) atoms. The molecule has 0 aromatic carbocycles. The third kappa shape index (κ3) is 7.13. The van der Waals surface area contributed by atoms with Gasteiger partial charge in [-0.1, -0.05) is 0 Å². The fourth-order valence-corrected chi connectivity index (χ4v) is 2.10. The predicted molar refractivity (Wildman–Crippen MR) is 71.4 cm³/mol. The van der Waals surface area contributed by atoms with Crippen LogP contribution in [-0.2, 0) is 16.0 Å². The van der Waals surface area contributed by atoms with Gasteiger partial charge in [0.25, 0.3) is 0 Å².